The normalized spacial score (nSPS) is 17.5. The number of pyridine rings is 1. The van der Waals surface area contributed by atoms with Crippen molar-refractivity contribution < 1.29 is 13.2 Å². The van der Waals surface area contributed by atoms with E-state index in [1.807, 2.05) is 30.3 Å². The molecular formula is C22H26N4O4S. The number of anilines is 1. The lowest BCUT2D eigenvalue weighted by molar-refractivity contribution is 0.206. The molecule has 164 valence electrons. The van der Waals surface area contributed by atoms with Gasteiger partial charge in [0.1, 0.15) is 10.6 Å². The monoisotopic (exact) mass is 442 g/mol. The number of aromatic nitrogens is 1. The molecule has 1 aliphatic heterocycles. The van der Waals surface area contributed by atoms with Gasteiger partial charge in [-0.05, 0) is 55.1 Å². The number of hydrogen-bond acceptors (Lipinski definition) is 6. The minimum atomic E-state index is -3.86. The molecule has 2 aromatic carbocycles. The lowest BCUT2D eigenvalue weighted by Gasteiger charge is -2.34. The third-order valence-corrected chi connectivity index (χ3v) is 6.55. The highest BCUT2D eigenvalue weighted by Gasteiger charge is 2.23. The molecule has 4 rings (SSSR count). The van der Waals surface area contributed by atoms with Gasteiger partial charge in [0.15, 0.2) is 0 Å². The molecule has 1 fully saturated rings. The van der Waals surface area contributed by atoms with Gasteiger partial charge >= 0.3 is 0 Å². The fraction of sp³-hybridized carbons (Fsp3) is 0.318. The first-order valence-corrected chi connectivity index (χ1v) is 11.7. The number of likely N-dealkylation sites (tertiary alicyclic amines) is 1. The molecule has 0 radical (unpaired) electrons. The molecule has 1 aliphatic rings. The minimum absolute atomic E-state index is 0.00494. The number of nitrogens with zero attached hydrogens (tertiary/aromatic N) is 1. The number of ether oxygens (including phenoxy) is 1. The van der Waals surface area contributed by atoms with Gasteiger partial charge < -0.3 is 15.0 Å². The summed E-state index contributed by atoms with van der Waals surface area (Å²) >= 11 is 0. The van der Waals surface area contributed by atoms with Crippen molar-refractivity contribution in [2.45, 2.75) is 30.3 Å². The average Bonchev–Trinajstić information content (AvgIpc) is 2.73. The maximum atomic E-state index is 11.9. The van der Waals surface area contributed by atoms with Crippen molar-refractivity contribution in [3.63, 3.8) is 0 Å². The maximum Gasteiger partial charge on any atom is 0.255 e. The van der Waals surface area contributed by atoms with Gasteiger partial charge in [0.05, 0.1) is 7.11 Å². The third kappa shape index (κ3) is 4.73. The number of H-pyrrole nitrogens is 1. The number of piperidine rings is 1. The first-order valence-electron chi connectivity index (χ1n) is 10.1. The first kappa shape index (κ1) is 21.4. The van der Waals surface area contributed by atoms with E-state index in [0.29, 0.717) is 17.7 Å². The lowest BCUT2D eigenvalue weighted by Crippen LogP contribution is -2.41. The molecule has 1 atom stereocenters. The summed E-state index contributed by atoms with van der Waals surface area (Å²) in [4.78, 5) is 16.9. The van der Waals surface area contributed by atoms with E-state index < -0.39 is 10.0 Å². The summed E-state index contributed by atoms with van der Waals surface area (Å²) in [7, 11) is -2.40. The van der Waals surface area contributed by atoms with Crippen LogP contribution in [0.2, 0.25) is 0 Å². The number of primary sulfonamides is 1. The van der Waals surface area contributed by atoms with Crippen LogP contribution in [0, 0.1) is 0 Å². The molecule has 0 bridgehead atoms. The second kappa shape index (κ2) is 8.70. The molecule has 31 heavy (non-hydrogen) atoms. The number of aromatic amines is 1. The Morgan fingerprint density at radius 3 is 2.87 bits per heavy atom. The smallest absolute Gasteiger partial charge is 0.255 e. The molecule has 2 heterocycles. The SMILES string of the molecule is COc1c(CN2CCC[C@@H](Nc3ccc4c(=O)[nH]ccc4c3)C2)cccc1S(N)(=O)=O. The molecule has 0 unspecified atom stereocenters. The zero-order valence-electron chi connectivity index (χ0n) is 17.3. The van der Waals surface area contributed by atoms with Crippen LogP contribution in [0.1, 0.15) is 18.4 Å². The standard InChI is InChI=1S/C22H26N4O4S/c1-30-21-16(4-2-6-20(21)31(23,28)29)13-26-11-3-5-18(14-26)25-17-7-8-19-15(12-17)9-10-24-22(19)27/h2,4,6-10,12,18,25H,3,5,11,13-14H2,1H3,(H,24,27)(H2,23,28,29)/t18-/m1/s1. The number of benzene rings is 2. The van der Waals surface area contributed by atoms with E-state index in [1.165, 1.54) is 13.2 Å². The quantitative estimate of drug-likeness (QED) is 0.539. The fourth-order valence-electron chi connectivity index (χ4n) is 4.22. The van der Waals surface area contributed by atoms with Crippen LogP contribution in [0.3, 0.4) is 0 Å². The molecule has 1 saturated heterocycles. The summed E-state index contributed by atoms with van der Waals surface area (Å²) < 4.78 is 29.1. The summed E-state index contributed by atoms with van der Waals surface area (Å²) in [6.07, 6.45) is 3.69. The summed E-state index contributed by atoms with van der Waals surface area (Å²) in [5, 5.41) is 10.5. The molecule has 4 N–H and O–H groups in total. The Labute approximate surface area is 181 Å². The van der Waals surface area contributed by atoms with E-state index in [9.17, 15) is 13.2 Å². The molecule has 0 aliphatic carbocycles. The molecule has 9 heteroatoms. The van der Waals surface area contributed by atoms with Crippen molar-refractivity contribution in [3.05, 3.63) is 64.6 Å². The lowest BCUT2D eigenvalue weighted by atomic mass is 10.0. The molecule has 1 aromatic heterocycles. The number of hydrogen-bond donors (Lipinski definition) is 3. The van der Waals surface area contributed by atoms with Crippen molar-refractivity contribution >= 4 is 26.5 Å². The molecule has 0 amide bonds. The second-order valence-corrected chi connectivity index (χ2v) is 9.35. The van der Waals surface area contributed by atoms with Crippen LogP contribution >= 0.6 is 0 Å². The van der Waals surface area contributed by atoms with Gasteiger partial charge in [0.2, 0.25) is 10.0 Å². The maximum absolute atomic E-state index is 11.9. The number of sulfonamides is 1. The van der Waals surface area contributed by atoms with Crippen LogP contribution in [0.25, 0.3) is 10.8 Å². The summed E-state index contributed by atoms with van der Waals surface area (Å²) in [5.74, 6) is 0.305. The van der Waals surface area contributed by atoms with Gasteiger partial charge in [0.25, 0.3) is 5.56 Å². The van der Waals surface area contributed by atoms with Crippen molar-refractivity contribution in [2.24, 2.45) is 5.14 Å². The van der Waals surface area contributed by atoms with E-state index in [1.54, 1.807) is 12.3 Å². The molecule has 3 aromatic rings. The predicted molar refractivity (Wildman–Crippen MR) is 121 cm³/mol. The molecule has 8 nitrogen and oxygen atoms in total. The Morgan fingerprint density at radius 2 is 2.10 bits per heavy atom. The van der Waals surface area contributed by atoms with Crippen LogP contribution in [0.5, 0.6) is 5.75 Å². The molecular weight excluding hydrogens is 416 g/mol. The van der Waals surface area contributed by atoms with Crippen LogP contribution in [-0.2, 0) is 16.6 Å². The van der Waals surface area contributed by atoms with Crippen molar-refractivity contribution in [3.8, 4) is 5.75 Å². The van der Waals surface area contributed by atoms with Crippen LogP contribution in [-0.4, -0.2) is 44.5 Å². The van der Waals surface area contributed by atoms with Gasteiger partial charge in [-0.2, -0.15) is 0 Å². The summed E-state index contributed by atoms with van der Waals surface area (Å²) in [5.41, 5.74) is 1.67. The average molecular weight is 443 g/mol. The van der Waals surface area contributed by atoms with Crippen LogP contribution in [0.4, 0.5) is 5.69 Å². The molecule has 0 spiro atoms. The number of fused-ring (bicyclic) bond motifs is 1. The van der Waals surface area contributed by atoms with Crippen molar-refractivity contribution in [1.29, 1.82) is 0 Å². The van der Waals surface area contributed by atoms with Gasteiger partial charge in [-0.3, -0.25) is 9.69 Å². The highest BCUT2D eigenvalue weighted by Crippen LogP contribution is 2.29. The largest absolute Gasteiger partial charge is 0.495 e. The third-order valence-electron chi connectivity index (χ3n) is 5.61. The van der Waals surface area contributed by atoms with Gasteiger partial charge in [0, 0.05) is 42.0 Å². The second-order valence-electron chi connectivity index (χ2n) is 7.82. The Kier molecular flexibility index (Phi) is 5.99. The first-order chi connectivity index (χ1) is 14.8. The van der Waals surface area contributed by atoms with E-state index in [2.05, 4.69) is 15.2 Å². The fourth-order valence-corrected chi connectivity index (χ4v) is 4.96. The number of methoxy groups -OCH3 is 1. The van der Waals surface area contributed by atoms with E-state index >= 15 is 0 Å². The zero-order valence-corrected chi connectivity index (χ0v) is 18.1. The van der Waals surface area contributed by atoms with E-state index in [0.717, 1.165) is 42.6 Å². The topological polar surface area (TPSA) is 118 Å². The Hall–Kier alpha value is -2.88. The molecule has 0 saturated carbocycles. The Balaban J connectivity index is 1.49. The number of nitrogens with one attached hydrogen (secondary N) is 2. The highest BCUT2D eigenvalue weighted by molar-refractivity contribution is 7.89. The predicted octanol–water partition coefficient (Wildman–Crippen LogP) is 2.26. The van der Waals surface area contributed by atoms with Gasteiger partial charge in [-0.1, -0.05) is 12.1 Å². The van der Waals surface area contributed by atoms with Gasteiger partial charge in [-0.25, -0.2) is 13.6 Å². The zero-order chi connectivity index (χ0) is 22.0. The van der Waals surface area contributed by atoms with Crippen LogP contribution < -0.4 is 20.8 Å². The van der Waals surface area contributed by atoms with E-state index in [4.69, 9.17) is 9.88 Å². The van der Waals surface area contributed by atoms with Crippen molar-refractivity contribution in [2.75, 3.05) is 25.5 Å². The van der Waals surface area contributed by atoms with Gasteiger partial charge in [-0.15, -0.1) is 0 Å². The number of rotatable bonds is 6. The van der Waals surface area contributed by atoms with Crippen LogP contribution in [0.15, 0.2) is 58.4 Å². The minimum Gasteiger partial charge on any atom is -0.495 e. The van der Waals surface area contributed by atoms with Crippen molar-refractivity contribution in [1.82, 2.24) is 9.88 Å². The highest BCUT2D eigenvalue weighted by atomic mass is 32.2. The van der Waals surface area contributed by atoms with E-state index in [-0.39, 0.29) is 16.5 Å². The Morgan fingerprint density at radius 1 is 1.26 bits per heavy atom. The summed E-state index contributed by atoms with van der Waals surface area (Å²) in [6.45, 7) is 2.28. The Bertz CT molecular complexity index is 1260. The number of nitrogens with two attached hydrogens (primary N) is 1. The number of para-hydroxylation sites is 1. The summed E-state index contributed by atoms with van der Waals surface area (Å²) in [6, 6.07) is 12.9.